The van der Waals surface area contributed by atoms with Crippen LogP contribution >= 0.6 is 0 Å². The average molecular weight is 429 g/mol. The first-order valence-corrected chi connectivity index (χ1v) is 10.9. The lowest BCUT2D eigenvalue weighted by Gasteiger charge is -2.11. The highest BCUT2D eigenvalue weighted by molar-refractivity contribution is 7.90. The van der Waals surface area contributed by atoms with Gasteiger partial charge in [-0.1, -0.05) is 0 Å². The smallest absolute Gasteiger partial charge is 0.283 e. The number of likely N-dealkylation sites (tertiary alicyclic amines) is 1. The number of ether oxygens (including phenoxy) is 1. The van der Waals surface area contributed by atoms with Crippen molar-refractivity contribution >= 4 is 33.2 Å². The predicted octanol–water partition coefficient (Wildman–Crippen LogP) is 2.72. The third-order valence-corrected chi connectivity index (χ3v) is 5.95. The molecule has 0 saturated carbocycles. The number of Topliss-reactive ketones (excluding diaryl/α,β-unsaturated/α-hetero) is 1. The minimum Gasteiger partial charge on any atom is -0.484 e. The lowest BCUT2D eigenvalue weighted by molar-refractivity contribution is -0.118. The number of sulfonamides is 1. The van der Waals surface area contributed by atoms with E-state index in [2.05, 4.69) is 9.71 Å². The van der Waals surface area contributed by atoms with E-state index in [1.165, 1.54) is 31.2 Å². The van der Waals surface area contributed by atoms with Gasteiger partial charge in [0.1, 0.15) is 11.6 Å². The molecule has 0 atom stereocenters. The molecule has 0 aromatic heterocycles. The zero-order valence-electron chi connectivity index (χ0n) is 16.8. The zero-order valence-corrected chi connectivity index (χ0v) is 17.6. The second-order valence-corrected chi connectivity index (χ2v) is 8.55. The summed E-state index contributed by atoms with van der Waals surface area (Å²) in [5.41, 5.74) is 1.01. The van der Waals surface area contributed by atoms with Gasteiger partial charge in [0.15, 0.2) is 12.4 Å². The Balaban J connectivity index is 1.57. The van der Waals surface area contributed by atoms with Crippen LogP contribution in [0.5, 0.6) is 5.75 Å². The van der Waals surface area contributed by atoms with Gasteiger partial charge >= 0.3 is 0 Å². The van der Waals surface area contributed by atoms with Gasteiger partial charge in [-0.2, -0.15) is 8.42 Å². The number of nitrogens with one attached hydrogen (secondary N) is 1. The number of hydrogen-bond donors (Lipinski definition) is 1. The molecule has 1 N–H and O–H groups in total. The summed E-state index contributed by atoms with van der Waals surface area (Å²) in [7, 11) is -1.97. The van der Waals surface area contributed by atoms with Gasteiger partial charge in [-0.25, -0.2) is 0 Å². The Bertz CT molecular complexity index is 1060. The van der Waals surface area contributed by atoms with Crippen LogP contribution in [-0.2, 0) is 14.8 Å². The number of rotatable bonds is 7. The Hall–Kier alpha value is -3.20. The van der Waals surface area contributed by atoms with E-state index in [-0.39, 0.29) is 17.3 Å². The monoisotopic (exact) mass is 429 g/mol. The molecule has 0 spiro atoms. The molecule has 8 nitrogen and oxygen atoms in total. The molecule has 0 unspecified atom stereocenters. The number of benzene rings is 2. The lowest BCUT2D eigenvalue weighted by atomic mass is 10.1. The highest BCUT2D eigenvalue weighted by Crippen LogP contribution is 2.19. The molecule has 0 aliphatic carbocycles. The van der Waals surface area contributed by atoms with Crippen molar-refractivity contribution in [2.45, 2.75) is 24.7 Å². The molecule has 2 aromatic rings. The van der Waals surface area contributed by atoms with Crippen LogP contribution in [0, 0.1) is 0 Å². The number of ketones is 1. The van der Waals surface area contributed by atoms with Gasteiger partial charge in [-0.3, -0.25) is 9.59 Å². The quantitative estimate of drug-likeness (QED) is 0.679. The third-order valence-electron chi connectivity index (χ3n) is 4.63. The molecule has 0 bridgehead atoms. The average Bonchev–Trinajstić information content (AvgIpc) is 3.11. The minimum atomic E-state index is -3.79. The molecule has 1 heterocycles. The molecular formula is C21H23N3O5S. The van der Waals surface area contributed by atoms with E-state index in [0.29, 0.717) is 29.3 Å². The van der Waals surface area contributed by atoms with Crippen LogP contribution in [-0.4, -0.2) is 51.0 Å². The zero-order chi connectivity index (χ0) is 21.7. The largest absolute Gasteiger partial charge is 0.484 e. The normalized spacial score (nSPS) is 15.3. The Morgan fingerprint density at radius 2 is 1.77 bits per heavy atom. The lowest BCUT2D eigenvalue weighted by Crippen LogP contribution is -2.20. The van der Waals surface area contributed by atoms with Gasteiger partial charge in [0, 0.05) is 31.3 Å². The highest BCUT2D eigenvalue weighted by Gasteiger charge is 2.20. The van der Waals surface area contributed by atoms with Crippen molar-refractivity contribution in [3.8, 4) is 5.75 Å². The highest BCUT2D eigenvalue weighted by atomic mass is 32.2. The number of nitrogens with zero attached hydrogens (tertiary/aromatic N) is 2. The van der Waals surface area contributed by atoms with Crippen molar-refractivity contribution < 1.29 is 22.7 Å². The molecule has 0 radical (unpaired) electrons. The summed E-state index contributed by atoms with van der Waals surface area (Å²) >= 11 is 0. The van der Waals surface area contributed by atoms with E-state index in [0.717, 1.165) is 13.0 Å². The van der Waals surface area contributed by atoms with Crippen molar-refractivity contribution in [2.24, 2.45) is 4.40 Å². The molecule has 158 valence electrons. The van der Waals surface area contributed by atoms with Crippen LogP contribution in [0.15, 0.2) is 57.8 Å². The Kier molecular flexibility index (Phi) is 6.51. The molecule has 2 aromatic carbocycles. The fraction of sp³-hybridized carbons (Fsp3) is 0.286. The van der Waals surface area contributed by atoms with E-state index >= 15 is 0 Å². The molecule has 1 saturated heterocycles. The van der Waals surface area contributed by atoms with Gasteiger partial charge in [0.25, 0.3) is 15.9 Å². The summed E-state index contributed by atoms with van der Waals surface area (Å²) in [5, 5.41) is 2.64. The summed E-state index contributed by atoms with van der Waals surface area (Å²) in [6.07, 6.45) is 1.53. The van der Waals surface area contributed by atoms with Crippen LogP contribution in [0.2, 0.25) is 0 Å². The summed E-state index contributed by atoms with van der Waals surface area (Å²) in [6.45, 7) is 2.04. The van der Waals surface area contributed by atoms with Crippen molar-refractivity contribution in [1.82, 2.24) is 4.90 Å². The molecule has 1 amide bonds. The predicted molar refractivity (Wildman–Crippen MR) is 113 cm³/mol. The fourth-order valence-electron chi connectivity index (χ4n) is 2.94. The first-order valence-electron chi connectivity index (χ1n) is 9.43. The molecule has 3 rings (SSSR count). The molecule has 1 fully saturated rings. The standard InChI is InChI=1S/C21H23N3O5S/c1-15(25)16-5-9-18(10-6-16)29-14-21(26)22-17-7-11-19(12-8-17)30(27,28)23-20-4-3-13-24(20)2/h5-12H,3-4,13-14H2,1-2H3,(H,22,26). The third kappa shape index (κ3) is 5.44. The van der Waals surface area contributed by atoms with Crippen LogP contribution in [0.3, 0.4) is 0 Å². The Morgan fingerprint density at radius 1 is 1.10 bits per heavy atom. The maximum Gasteiger partial charge on any atom is 0.283 e. The van der Waals surface area contributed by atoms with Gasteiger partial charge in [-0.15, -0.1) is 4.40 Å². The van der Waals surface area contributed by atoms with Crippen LogP contribution in [0.25, 0.3) is 0 Å². The first-order chi connectivity index (χ1) is 14.2. The van der Waals surface area contributed by atoms with Crippen molar-refractivity contribution in [2.75, 3.05) is 25.5 Å². The van der Waals surface area contributed by atoms with E-state index in [4.69, 9.17) is 4.74 Å². The summed E-state index contributed by atoms with van der Waals surface area (Å²) in [6, 6.07) is 12.3. The topological polar surface area (TPSA) is 105 Å². The number of amides is 1. The minimum absolute atomic E-state index is 0.0496. The molecule has 1 aliphatic heterocycles. The first kappa shape index (κ1) is 21.5. The number of carbonyl (C=O) groups is 2. The number of carbonyl (C=O) groups excluding carboxylic acids is 2. The fourth-order valence-corrected chi connectivity index (χ4v) is 4.04. The van der Waals surface area contributed by atoms with Crippen LogP contribution in [0.1, 0.15) is 30.1 Å². The second kappa shape index (κ2) is 9.08. The molecule has 9 heteroatoms. The van der Waals surface area contributed by atoms with Gasteiger partial charge < -0.3 is 15.0 Å². The van der Waals surface area contributed by atoms with Crippen molar-refractivity contribution in [3.05, 3.63) is 54.1 Å². The van der Waals surface area contributed by atoms with Gasteiger partial charge in [-0.05, 0) is 61.9 Å². The summed E-state index contributed by atoms with van der Waals surface area (Å²) < 4.78 is 34.2. The maximum atomic E-state index is 12.5. The maximum absolute atomic E-state index is 12.5. The van der Waals surface area contributed by atoms with Crippen LogP contribution in [0.4, 0.5) is 5.69 Å². The summed E-state index contributed by atoms with van der Waals surface area (Å²) in [5.74, 6) is 0.578. The van der Waals surface area contributed by atoms with E-state index in [1.807, 2.05) is 11.9 Å². The summed E-state index contributed by atoms with van der Waals surface area (Å²) in [4.78, 5) is 25.2. The second-order valence-electron chi connectivity index (χ2n) is 6.95. The van der Waals surface area contributed by atoms with Crippen LogP contribution < -0.4 is 10.1 Å². The Morgan fingerprint density at radius 3 is 2.33 bits per heavy atom. The van der Waals surface area contributed by atoms with E-state index in [9.17, 15) is 18.0 Å². The van der Waals surface area contributed by atoms with Crippen molar-refractivity contribution in [1.29, 1.82) is 0 Å². The van der Waals surface area contributed by atoms with Crippen molar-refractivity contribution in [3.63, 3.8) is 0 Å². The SMILES string of the molecule is CC(=O)c1ccc(OCC(=O)Nc2ccc(S(=O)(=O)N=C3CCCN3C)cc2)cc1. The Labute approximate surface area is 175 Å². The molecular weight excluding hydrogens is 406 g/mol. The number of amidine groups is 1. The van der Waals surface area contributed by atoms with E-state index in [1.54, 1.807) is 24.3 Å². The molecule has 1 aliphatic rings. The van der Waals surface area contributed by atoms with Gasteiger partial charge in [0.2, 0.25) is 0 Å². The number of hydrogen-bond acceptors (Lipinski definition) is 5. The molecule has 30 heavy (non-hydrogen) atoms. The van der Waals surface area contributed by atoms with E-state index < -0.39 is 15.9 Å². The number of anilines is 1. The van der Waals surface area contributed by atoms with Gasteiger partial charge in [0.05, 0.1) is 4.90 Å².